The summed E-state index contributed by atoms with van der Waals surface area (Å²) in [5.41, 5.74) is 1.22. The lowest BCUT2D eigenvalue weighted by molar-refractivity contribution is 0.180. The van der Waals surface area contributed by atoms with Gasteiger partial charge in [0, 0.05) is 32.2 Å². The Labute approximate surface area is 128 Å². The van der Waals surface area contributed by atoms with Gasteiger partial charge in [-0.2, -0.15) is 0 Å². The molecule has 0 unspecified atom stereocenters. The maximum Gasteiger partial charge on any atom is 0.119 e. The highest BCUT2D eigenvalue weighted by atomic mass is 16.5. The van der Waals surface area contributed by atoms with E-state index in [9.17, 15) is 0 Å². The van der Waals surface area contributed by atoms with Crippen LogP contribution in [0.4, 0.5) is 0 Å². The number of aliphatic hydroxyl groups is 1. The number of nitrogens with one attached hydrogen (secondary N) is 1. The standard InChI is InChI=1S/C17H28N2O2/c1-4-8-19(9-11-20)10-12-21-17-7-5-6-16(13-17)14-18-15(2)3/h4-7,13,15,18,20H,1,8-12,14H2,2-3H3. The van der Waals surface area contributed by atoms with Crippen molar-refractivity contribution in [3.05, 3.63) is 42.5 Å². The highest BCUT2D eigenvalue weighted by molar-refractivity contribution is 5.28. The fourth-order valence-corrected chi connectivity index (χ4v) is 1.98. The summed E-state index contributed by atoms with van der Waals surface area (Å²) in [4.78, 5) is 2.11. The lowest BCUT2D eigenvalue weighted by atomic mass is 10.2. The molecule has 0 atom stereocenters. The minimum atomic E-state index is 0.157. The Bertz CT molecular complexity index is 408. The number of ether oxygens (including phenoxy) is 1. The second-order valence-corrected chi connectivity index (χ2v) is 5.34. The Hall–Kier alpha value is -1.36. The smallest absolute Gasteiger partial charge is 0.119 e. The summed E-state index contributed by atoms with van der Waals surface area (Å²) in [5, 5.41) is 12.4. The predicted molar refractivity (Wildman–Crippen MR) is 87.6 cm³/mol. The quantitative estimate of drug-likeness (QED) is 0.613. The van der Waals surface area contributed by atoms with Crippen LogP contribution in [0.15, 0.2) is 36.9 Å². The molecule has 1 aromatic carbocycles. The molecule has 118 valence electrons. The number of hydrogen-bond acceptors (Lipinski definition) is 4. The molecule has 0 heterocycles. The maximum absolute atomic E-state index is 9.00. The van der Waals surface area contributed by atoms with Crippen molar-refractivity contribution in [2.45, 2.75) is 26.4 Å². The van der Waals surface area contributed by atoms with Gasteiger partial charge in [0.25, 0.3) is 0 Å². The van der Waals surface area contributed by atoms with Crippen LogP contribution < -0.4 is 10.1 Å². The summed E-state index contributed by atoms with van der Waals surface area (Å²) < 4.78 is 5.79. The zero-order chi connectivity index (χ0) is 15.5. The molecule has 0 aliphatic rings. The van der Waals surface area contributed by atoms with E-state index in [1.54, 1.807) is 0 Å². The van der Waals surface area contributed by atoms with Gasteiger partial charge in [-0.05, 0) is 17.7 Å². The Morgan fingerprint density at radius 1 is 1.38 bits per heavy atom. The monoisotopic (exact) mass is 292 g/mol. The van der Waals surface area contributed by atoms with Crippen LogP contribution in [-0.2, 0) is 6.54 Å². The molecule has 0 radical (unpaired) electrons. The summed E-state index contributed by atoms with van der Waals surface area (Å²) in [6, 6.07) is 8.63. The van der Waals surface area contributed by atoms with Crippen molar-refractivity contribution in [2.24, 2.45) is 0 Å². The molecule has 0 fully saturated rings. The van der Waals surface area contributed by atoms with Gasteiger partial charge < -0.3 is 15.2 Å². The third-order valence-corrected chi connectivity index (χ3v) is 3.09. The van der Waals surface area contributed by atoms with E-state index in [4.69, 9.17) is 9.84 Å². The topological polar surface area (TPSA) is 44.7 Å². The number of hydrogen-bond donors (Lipinski definition) is 2. The molecule has 0 spiro atoms. The van der Waals surface area contributed by atoms with E-state index in [-0.39, 0.29) is 6.61 Å². The van der Waals surface area contributed by atoms with Crippen molar-refractivity contribution < 1.29 is 9.84 Å². The fraction of sp³-hybridized carbons (Fsp3) is 0.529. The predicted octanol–water partition coefficient (Wildman–Crippen LogP) is 2.04. The highest BCUT2D eigenvalue weighted by Crippen LogP contribution is 2.13. The van der Waals surface area contributed by atoms with E-state index in [1.807, 2.05) is 18.2 Å². The summed E-state index contributed by atoms with van der Waals surface area (Å²) in [6.07, 6.45) is 1.84. The first-order chi connectivity index (χ1) is 10.2. The molecule has 0 aromatic heterocycles. The van der Waals surface area contributed by atoms with Crippen molar-refractivity contribution in [3.8, 4) is 5.75 Å². The zero-order valence-corrected chi connectivity index (χ0v) is 13.2. The zero-order valence-electron chi connectivity index (χ0n) is 13.2. The van der Waals surface area contributed by atoms with Gasteiger partial charge in [-0.1, -0.05) is 32.1 Å². The van der Waals surface area contributed by atoms with E-state index in [0.717, 1.165) is 25.4 Å². The molecule has 2 N–H and O–H groups in total. The van der Waals surface area contributed by atoms with Crippen LogP contribution in [0.1, 0.15) is 19.4 Å². The van der Waals surface area contributed by atoms with Crippen molar-refractivity contribution >= 4 is 0 Å². The van der Waals surface area contributed by atoms with Crippen LogP contribution in [0, 0.1) is 0 Å². The molecule has 0 saturated heterocycles. The third kappa shape index (κ3) is 7.85. The van der Waals surface area contributed by atoms with Crippen LogP contribution in [0.3, 0.4) is 0 Å². The molecule has 0 saturated carbocycles. The lowest BCUT2D eigenvalue weighted by Crippen LogP contribution is -2.31. The van der Waals surface area contributed by atoms with E-state index in [2.05, 4.69) is 42.8 Å². The van der Waals surface area contributed by atoms with Crippen LogP contribution >= 0.6 is 0 Å². The van der Waals surface area contributed by atoms with E-state index < -0.39 is 0 Å². The highest BCUT2D eigenvalue weighted by Gasteiger charge is 2.03. The Balaban J connectivity index is 2.40. The van der Waals surface area contributed by atoms with Gasteiger partial charge in [0.05, 0.1) is 6.61 Å². The van der Waals surface area contributed by atoms with Crippen molar-refractivity contribution in [1.82, 2.24) is 10.2 Å². The van der Waals surface area contributed by atoms with E-state index in [0.29, 0.717) is 19.2 Å². The second kappa shape index (κ2) is 10.4. The van der Waals surface area contributed by atoms with E-state index >= 15 is 0 Å². The van der Waals surface area contributed by atoms with Gasteiger partial charge >= 0.3 is 0 Å². The Morgan fingerprint density at radius 2 is 2.19 bits per heavy atom. The summed E-state index contributed by atoms with van der Waals surface area (Å²) >= 11 is 0. The SMILES string of the molecule is C=CCN(CCO)CCOc1cccc(CNC(C)C)c1. The van der Waals surface area contributed by atoms with Gasteiger partial charge in [0.15, 0.2) is 0 Å². The molecule has 0 aliphatic heterocycles. The Morgan fingerprint density at radius 3 is 2.86 bits per heavy atom. The van der Waals surface area contributed by atoms with Gasteiger partial charge in [-0.15, -0.1) is 6.58 Å². The first kappa shape index (κ1) is 17.7. The molecule has 0 bridgehead atoms. The molecular weight excluding hydrogens is 264 g/mol. The average molecular weight is 292 g/mol. The molecular formula is C17H28N2O2. The molecule has 0 amide bonds. The van der Waals surface area contributed by atoms with Crippen molar-refractivity contribution in [1.29, 1.82) is 0 Å². The van der Waals surface area contributed by atoms with Crippen LogP contribution in [-0.4, -0.2) is 48.9 Å². The molecule has 1 rings (SSSR count). The number of benzene rings is 1. The first-order valence-electron chi connectivity index (χ1n) is 7.55. The summed E-state index contributed by atoms with van der Waals surface area (Å²) in [6.45, 7) is 11.8. The minimum Gasteiger partial charge on any atom is -0.492 e. The maximum atomic E-state index is 9.00. The van der Waals surface area contributed by atoms with Crippen LogP contribution in [0.2, 0.25) is 0 Å². The molecule has 4 heteroatoms. The first-order valence-corrected chi connectivity index (χ1v) is 7.55. The van der Waals surface area contributed by atoms with Crippen LogP contribution in [0.5, 0.6) is 5.75 Å². The lowest BCUT2D eigenvalue weighted by Gasteiger charge is -2.19. The number of nitrogens with zero attached hydrogens (tertiary/aromatic N) is 1. The average Bonchev–Trinajstić information content (AvgIpc) is 2.46. The Kier molecular flexibility index (Phi) is 8.74. The summed E-state index contributed by atoms with van der Waals surface area (Å²) in [5.74, 6) is 0.889. The third-order valence-electron chi connectivity index (χ3n) is 3.09. The second-order valence-electron chi connectivity index (χ2n) is 5.34. The van der Waals surface area contributed by atoms with E-state index in [1.165, 1.54) is 5.56 Å². The molecule has 21 heavy (non-hydrogen) atoms. The molecule has 4 nitrogen and oxygen atoms in total. The fourth-order valence-electron chi connectivity index (χ4n) is 1.98. The molecule has 1 aromatic rings. The van der Waals surface area contributed by atoms with Gasteiger partial charge in [0.2, 0.25) is 0 Å². The largest absolute Gasteiger partial charge is 0.492 e. The number of aliphatic hydroxyl groups excluding tert-OH is 1. The van der Waals surface area contributed by atoms with Crippen molar-refractivity contribution in [3.63, 3.8) is 0 Å². The minimum absolute atomic E-state index is 0.157. The number of rotatable bonds is 11. The van der Waals surface area contributed by atoms with Gasteiger partial charge in [-0.25, -0.2) is 0 Å². The van der Waals surface area contributed by atoms with Crippen molar-refractivity contribution in [2.75, 3.05) is 32.8 Å². The van der Waals surface area contributed by atoms with Gasteiger partial charge in [-0.3, -0.25) is 4.90 Å². The van der Waals surface area contributed by atoms with Crippen LogP contribution in [0.25, 0.3) is 0 Å². The normalized spacial score (nSPS) is 11.1. The summed E-state index contributed by atoms with van der Waals surface area (Å²) in [7, 11) is 0. The molecule has 0 aliphatic carbocycles. The van der Waals surface area contributed by atoms with Gasteiger partial charge in [0.1, 0.15) is 12.4 Å².